The molecule has 3 heteroatoms. The molecule has 2 aromatic rings. The van der Waals surface area contributed by atoms with Gasteiger partial charge in [0.1, 0.15) is 0 Å². The Morgan fingerprint density at radius 1 is 1.22 bits per heavy atom. The summed E-state index contributed by atoms with van der Waals surface area (Å²) in [5.74, 6) is 0. The Labute approximate surface area is 112 Å². The molecule has 0 saturated heterocycles. The van der Waals surface area contributed by atoms with E-state index in [0.29, 0.717) is 10.6 Å². The molecule has 1 unspecified atom stereocenters. The van der Waals surface area contributed by atoms with Gasteiger partial charge in [-0.3, -0.25) is 4.79 Å². The Hall–Kier alpha value is -1.54. The summed E-state index contributed by atoms with van der Waals surface area (Å²) >= 11 is 6.03. The molecule has 2 rings (SSSR count). The number of halogens is 1. The van der Waals surface area contributed by atoms with E-state index in [4.69, 9.17) is 11.6 Å². The van der Waals surface area contributed by atoms with E-state index in [0.717, 1.165) is 5.56 Å². The third-order valence-corrected chi connectivity index (χ3v) is 3.34. The van der Waals surface area contributed by atoms with Gasteiger partial charge in [0.2, 0.25) is 0 Å². The van der Waals surface area contributed by atoms with Crippen molar-refractivity contribution in [1.82, 2.24) is 4.57 Å². The fourth-order valence-electron chi connectivity index (χ4n) is 2.08. The molecule has 0 aliphatic carbocycles. The Morgan fingerprint density at radius 3 is 2.61 bits per heavy atom. The van der Waals surface area contributed by atoms with E-state index in [9.17, 15) is 4.79 Å². The average molecular weight is 262 g/mol. The molecule has 1 aromatic heterocycles. The molecule has 0 fully saturated rings. The maximum Gasteiger partial charge on any atom is 0.254 e. The lowest BCUT2D eigenvalue weighted by molar-refractivity contribution is 0.611. The van der Waals surface area contributed by atoms with Crippen LogP contribution in [-0.2, 0) is 0 Å². The van der Waals surface area contributed by atoms with E-state index < -0.39 is 0 Å². The lowest BCUT2D eigenvalue weighted by Crippen LogP contribution is -2.25. The molecule has 0 bridgehead atoms. The summed E-state index contributed by atoms with van der Waals surface area (Å²) in [6.07, 6.45) is 1.70. The van der Waals surface area contributed by atoms with Crippen LogP contribution in [0.3, 0.4) is 0 Å². The normalized spacial score (nSPS) is 12.4. The predicted octanol–water partition coefficient (Wildman–Crippen LogP) is 3.73. The Balaban J connectivity index is 2.52. The van der Waals surface area contributed by atoms with E-state index in [1.165, 1.54) is 5.56 Å². The van der Waals surface area contributed by atoms with Crippen molar-refractivity contribution in [2.75, 3.05) is 0 Å². The molecule has 94 valence electrons. The van der Waals surface area contributed by atoms with E-state index in [-0.39, 0.29) is 11.6 Å². The maximum absolute atomic E-state index is 12.1. The molecular formula is C15H16ClNO. The van der Waals surface area contributed by atoms with Gasteiger partial charge in [-0.1, -0.05) is 41.4 Å². The third kappa shape index (κ3) is 2.49. The Morgan fingerprint density at radius 2 is 1.94 bits per heavy atom. The van der Waals surface area contributed by atoms with Gasteiger partial charge < -0.3 is 4.57 Å². The molecule has 0 aliphatic heterocycles. The monoisotopic (exact) mass is 261 g/mol. The van der Waals surface area contributed by atoms with Gasteiger partial charge in [0.15, 0.2) is 0 Å². The van der Waals surface area contributed by atoms with Crippen molar-refractivity contribution in [3.8, 4) is 0 Å². The van der Waals surface area contributed by atoms with Crippen LogP contribution in [0.15, 0.2) is 41.3 Å². The van der Waals surface area contributed by atoms with Crippen molar-refractivity contribution in [3.63, 3.8) is 0 Å². The van der Waals surface area contributed by atoms with Gasteiger partial charge in [0.05, 0.1) is 11.1 Å². The van der Waals surface area contributed by atoms with Gasteiger partial charge in [-0.25, -0.2) is 0 Å². The second-order valence-electron chi connectivity index (χ2n) is 4.64. The van der Waals surface area contributed by atoms with E-state index in [1.54, 1.807) is 23.8 Å². The molecule has 0 spiro atoms. The molecule has 2 nitrogen and oxygen atoms in total. The van der Waals surface area contributed by atoms with Crippen molar-refractivity contribution in [2.24, 2.45) is 0 Å². The number of nitrogens with zero attached hydrogens (tertiary/aromatic N) is 1. The van der Waals surface area contributed by atoms with Crippen LogP contribution >= 0.6 is 11.6 Å². The summed E-state index contributed by atoms with van der Waals surface area (Å²) in [5.41, 5.74) is 2.97. The molecule has 1 aromatic carbocycles. The van der Waals surface area contributed by atoms with E-state index in [1.807, 2.05) is 32.0 Å². The van der Waals surface area contributed by atoms with Crippen molar-refractivity contribution < 1.29 is 0 Å². The van der Waals surface area contributed by atoms with Crippen LogP contribution in [0.4, 0.5) is 0 Å². The number of aryl methyl sites for hydroxylation is 2. The first-order chi connectivity index (χ1) is 8.49. The standard InChI is InChI=1S/C15H16ClNO/c1-10-5-4-6-13(7-10)12(3)17-9-14(16)8-11(2)15(17)18/h4-9,12H,1-3H3. The van der Waals surface area contributed by atoms with Crippen molar-refractivity contribution >= 4 is 11.6 Å². The van der Waals surface area contributed by atoms with Crippen molar-refractivity contribution in [3.05, 3.63) is 68.6 Å². The molecule has 1 atom stereocenters. The lowest BCUT2D eigenvalue weighted by Gasteiger charge is -2.17. The highest BCUT2D eigenvalue weighted by atomic mass is 35.5. The van der Waals surface area contributed by atoms with Gasteiger partial charge in [0.25, 0.3) is 5.56 Å². The minimum atomic E-state index is -0.0187. The average Bonchev–Trinajstić information content (AvgIpc) is 2.33. The molecule has 0 aliphatic rings. The van der Waals surface area contributed by atoms with Gasteiger partial charge in [-0.15, -0.1) is 0 Å². The van der Waals surface area contributed by atoms with Crippen LogP contribution < -0.4 is 5.56 Å². The minimum Gasteiger partial charge on any atom is -0.307 e. The third-order valence-electron chi connectivity index (χ3n) is 3.13. The maximum atomic E-state index is 12.1. The van der Waals surface area contributed by atoms with Crippen LogP contribution in [0.1, 0.15) is 29.7 Å². The molecular weight excluding hydrogens is 246 g/mol. The summed E-state index contributed by atoms with van der Waals surface area (Å²) in [7, 11) is 0. The van der Waals surface area contributed by atoms with Gasteiger partial charge in [-0.2, -0.15) is 0 Å². The SMILES string of the molecule is Cc1cccc(C(C)n2cc(Cl)cc(C)c2=O)c1. The Bertz CT molecular complexity index is 631. The molecule has 0 saturated carbocycles. The zero-order chi connectivity index (χ0) is 13.3. The summed E-state index contributed by atoms with van der Waals surface area (Å²) in [4.78, 5) is 12.1. The smallest absolute Gasteiger partial charge is 0.254 e. The highest BCUT2D eigenvalue weighted by molar-refractivity contribution is 6.30. The second-order valence-corrected chi connectivity index (χ2v) is 5.08. The number of hydrogen-bond acceptors (Lipinski definition) is 1. The molecule has 0 amide bonds. The number of pyridine rings is 1. The molecule has 1 heterocycles. The van der Waals surface area contributed by atoms with Crippen LogP contribution in [0, 0.1) is 13.8 Å². The first-order valence-corrected chi connectivity index (χ1v) is 6.31. The lowest BCUT2D eigenvalue weighted by atomic mass is 10.1. The van der Waals surface area contributed by atoms with Gasteiger partial charge >= 0.3 is 0 Å². The highest BCUT2D eigenvalue weighted by Gasteiger charge is 2.11. The largest absolute Gasteiger partial charge is 0.307 e. The molecule has 0 N–H and O–H groups in total. The first-order valence-electron chi connectivity index (χ1n) is 5.94. The summed E-state index contributed by atoms with van der Waals surface area (Å²) in [6.45, 7) is 5.84. The van der Waals surface area contributed by atoms with Crippen molar-refractivity contribution in [1.29, 1.82) is 0 Å². The predicted molar refractivity (Wildman–Crippen MR) is 75.4 cm³/mol. The summed E-state index contributed by atoms with van der Waals surface area (Å²) in [6, 6.07) is 9.85. The summed E-state index contributed by atoms with van der Waals surface area (Å²) in [5, 5.41) is 0.589. The van der Waals surface area contributed by atoms with E-state index in [2.05, 4.69) is 6.07 Å². The zero-order valence-corrected chi connectivity index (χ0v) is 11.5. The van der Waals surface area contributed by atoms with Crippen LogP contribution in [-0.4, -0.2) is 4.57 Å². The fourth-order valence-corrected chi connectivity index (χ4v) is 2.35. The number of aromatic nitrogens is 1. The quantitative estimate of drug-likeness (QED) is 0.807. The second kappa shape index (κ2) is 4.99. The van der Waals surface area contributed by atoms with E-state index >= 15 is 0 Å². The summed E-state index contributed by atoms with van der Waals surface area (Å²) < 4.78 is 1.69. The van der Waals surface area contributed by atoms with Crippen molar-refractivity contribution in [2.45, 2.75) is 26.8 Å². The fraction of sp³-hybridized carbons (Fsp3) is 0.267. The van der Waals surface area contributed by atoms with Crippen LogP contribution in [0.5, 0.6) is 0 Å². The topological polar surface area (TPSA) is 22.0 Å². The number of benzene rings is 1. The zero-order valence-electron chi connectivity index (χ0n) is 10.8. The minimum absolute atomic E-state index is 0.00778. The van der Waals surface area contributed by atoms with Crippen LogP contribution in [0.2, 0.25) is 5.02 Å². The highest BCUT2D eigenvalue weighted by Crippen LogP contribution is 2.19. The number of rotatable bonds is 2. The number of hydrogen-bond donors (Lipinski definition) is 0. The van der Waals surface area contributed by atoms with Crippen LogP contribution in [0.25, 0.3) is 0 Å². The first kappa shape index (κ1) is 12.9. The van der Waals surface area contributed by atoms with Gasteiger partial charge in [0, 0.05) is 11.8 Å². The molecule has 0 radical (unpaired) electrons. The Kier molecular flexibility index (Phi) is 3.58. The van der Waals surface area contributed by atoms with Gasteiger partial charge in [-0.05, 0) is 32.4 Å². The molecule has 18 heavy (non-hydrogen) atoms.